The number of imidazole rings is 1. The second-order valence-corrected chi connectivity index (χ2v) is 6.47. The van der Waals surface area contributed by atoms with Crippen molar-refractivity contribution in [2.24, 2.45) is 0 Å². The van der Waals surface area contributed by atoms with Crippen LogP contribution >= 0.6 is 11.3 Å². The van der Waals surface area contributed by atoms with Gasteiger partial charge in [-0.3, -0.25) is 0 Å². The molecule has 4 rings (SSSR count). The van der Waals surface area contributed by atoms with E-state index in [-0.39, 0.29) is 12.1 Å². The van der Waals surface area contributed by atoms with Crippen molar-refractivity contribution in [2.75, 3.05) is 13.7 Å². The number of benzene rings is 1. The van der Waals surface area contributed by atoms with Gasteiger partial charge < -0.3 is 15.0 Å². The molecule has 1 saturated heterocycles. The lowest BCUT2D eigenvalue weighted by Gasteiger charge is -2.06. The van der Waals surface area contributed by atoms with Crippen molar-refractivity contribution in [3.8, 4) is 10.6 Å². The second kappa shape index (κ2) is 5.26. The van der Waals surface area contributed by atoms with E-state index in [0.717, 1.165) is 24.5 Å². The van der Waals surface area contributed by atoms with Gasteiger partial charge in [0.1, 0.15) is 5.82 Å². The molecule has 0 aliphatic carbocycles. The quantitative estimate of drug-likeness (QED) is 0.780. The molecule has 108 valence electrons. The van der Waals surface area contributed by atoms with Crippen LogP contribution in [0.2, 0.25) is 0 Å². The number of aromatic amines is 1. The monoisotopic (exact) mass is 299 g/mol. The molecule has 21 heavy (non-hydrogen) atoms. The smallest absolute Gasteiger partial charge is 0.123 e. The first-order valence-electron chi connectivity index (χ1n) is 7.13. The highest BCUT2D eigenvalue weighted by Gasteiger charge is 2.27. The largest absolute Gasteiger partial charge is 0.380 e. The van der Waals surface area contributed by atoms with Gasteiger partial charge in [0, 0.05) is 18.4 Å². The molecule has 1 aliphatic heterocycles. The standard InChI is InChI=1S/C16H17N3OS/c1-20-11-7-12(17-8-11)16-18-9-13(19-16)15-6-10-4-2-3-5-14(10)21-15/h2-6,9,11-12,17H,7-8H2,1H3,(H,18,19). The molecular weight excluding hydrogens is 282 g/mol. The molecular formula is C16H17N3OS. The highest BCUT2D eigenvalue weighted by Crippen LogP contribution is 2.33. The summed E-state index contributed by atoms with van der Waals surface area (Å²) >= 11 is 1.79. The molecule has 0 bridgehead atoms. The predicted molar refractivity (Wildman–Crippen MR) is 85.6 cm³/mol. The van der Waals surface area contributed by atoms with E-state index in [1.54, 1.807) is 18.4 Å². The topological polar surface area (TPSA) is 49.9 Å². The van der Waals surface area contributed by atoms with E-state index in [9.17, 15) is 0 Å². The molecule has 0 spiro atoms. The predicted octanol–water partition coefficient (Wildman–Crippen LogP) is 3.34. The van der Waals surface area contributed by atoms with Gasteiger partial charge in [-0.25, -0.2) is 4.98 Å². The van der Waals surface area contributed by atoms with Gasteiger partial charge in [-0.05, 0) is 23.9 Å². The van der Waals surface area contributed by atoms with Crippen LogP contribution in [0.5, 0.6) is 0 Å². The van der Waals surface area contributed by atoms with Gasteiger partial charge >= 0.3 is 0 Å². The van der Waals surface area contributed by atoms with Crippen LogP contribution in [0.4, 0.5) is 0 Å². The van der Waals surface area contributed by atoms with Crippen molar-refractivity contribution >= 4 is 21.4 Å². The van der Waals surface area contributed by atoms with Crippen LogP contribution in [0, 0.1) is 0 Å². The Hall–Kier alpha value is -1.69. The average Bonchev–Trinajstić information content (AvgIpc) is 3.24. The van der Waals surface area contributed by atoms with Crippen molar-refractivity contribution in [1.82, 2.24) is 15.3 Å². The number of rotatable bonds is 3. The molecule has 0 saturated carbocycles. The summed E-state index contributed by atoms with van der Waals surface area (Å²) in [5.74, 6) is 1.00. The number of ether oxygens (including phenoxy) is 1. The molecule has 5 heteroatoms. The average molecular weight is 299 g/mol. The Labute approximate surface area is 127 Å². The van der Waals surface area contributed by atoms with Gasteiger partial charge in [-0.15, -0.1) is 11.3 Å². The lowest BCUT2D eigenvalue weighted by Crippen LogP contribution is -2.16. The normalized spacial score (nSPS) is 22.1. The molecule has 0 radical (unpaired) electrons. The zero-order valence-corrected chi connectivity index (χ0v) is 12.6. The Morgan fingerprint density at radius 3 is 3.05 bits per heavy atom. The van der Waals surface area contributed by atoms with E-state index >= 15 is 0 Å². The number of thiophene rings is 1. The molecule has 2 unspecified atom stereocenters. The molecule has 2 N–H and O–H groups in total. The maximum atomic E-state index is 5.39. The van der Waals surface area contributed by atoms with Gasteiger partial charge in [0.15, 0.2) is 0 Å². The molecule has 1 fully saturated rings. The first-order valence-corrected chi connectivity index (χ1v) is 7.95. The van der Waals surface area contributed by atoms with Crippen LogP contribution in [-0.4, -0.2) is 29.7 Å². The number of hydrogen-bond acceptors (Lipinski definition) is 4. The Bertz CT molecular complexity index is 731. The van der Waals surface area contributed by atoms with Gasteiger partial charge in [-0.1, -0.05) is 18.2 Å². The van der Waals surface area contributed by atoms with Crippen molar-refractivity contribution in [2.45, 2.75) is 18.6 Å². The second-order valence-electron chi connectivity index (χ2n) is 5.38. The number of nitrogens with zero attached hydrogens (tertiary/aromatic N) is 1. The molecule has 2 atom stereocenters. The molecule has 3 aromatic rings. The summed E-state index contributed by atoms with van der Waals surface area (Å²) in [6.45, 7) is 0.889. The summed E-state index contributed by atoms with van der Waals surface area (Å²) in [4.78, 5) is 9.24. The number of H-pyrrole nitrogens is 1. The van der Waals surface area contributed by atoms with Crippen molar-refractivity contribution in [3.63, 3.8) is 0 Å². The Morgan fingerprint density at radius 2 is 2.24 bits per heavy atom. The van der Waals surface area contributed by atoms with Gasteiger partial charge in [0.05, 0.1) is 28.9 Å². The van der Waals surface area contributed by atoms with Crippen molar-refractivity contribution < 1.29 is 4.74 Å². The lowest BCUT2D eigenvalue weighted by molar-refractivity contribution is 0.117. The van der Waals surface area contributed by atoms with Crippen molar-refractivity contribution in [3.05, 3.63) is 42.4 Å². The molecule has 1 aromatic carbocycles. The lowest BCUT2D eigenvalue weighted by atomic mass is 10.2. The fourth-order valence-corrected chi connectivity index (χ4v) is 3.87. The summed E-state index contributed by atoms with van der Waals surface area (Å²) < 4.78 is 6.70. The molecule has 3 heterocycles. The van der Waals surface area contributed by atoms with E-state index < -0.39 is 0 Å². The van der Waals surface area contributed by atoms with E-state index in [1.807, 2.05) is 6.20 Å². The summed E-state index contributed by atoms with van der Waals surface area (Å²) in [5.41, 5.74) is 1.09. The van der Waals surface area contributed by atoms with Crippen LogP contribution in [-0.2, 0) is 4.74 Å². The minimum Gasteiger partial charge on any atom is -0.380 e. The zero-order chi connectivity index (χ0) is 14.2. The molecule has 1 aliphatic rings. The van der Waals surface area contributed by atoms with Gasteiger partial charge in [0.25, 0.3) is 0 Å². The van der Waals surface area contributed by atoms with Crippen LogP contribution in [0.25, 0.3) is 20.7 Å². The first kappa shape index (κ1) is 13.0. The van der Waals surface area contributed by atoms with Crippen LogP contribution in [0.15, 0.2) is 36.5 Å². The maximum Gasteiger partial charge on any atom is 0.123 e. The fraction of sp³-hybridized carbons (Fsp3) is 0.312. The SMILES string of the molecule is COC1CNC(c2ncc(-c3cc4ccccc4s3)[nH]2)C1. The van der Waals surface area contributed by atoms with E-state index in [2.05, 4.69) is 45.6 Å². The van der Waals surface area contributed by atoms with E-state index in [4.69, 9.17) is 4.74 Å². The molecule has 4 nitrogen and oxygen atoms in total. The highest BCUT2D eigenvalue weighted by molar-refractivity contribution is 7.22. The number of aromatic nitrogens is 2. The number of methoxy groups -OCH3 is 1. The Kier molecular flexibility index (Phi) is 3.25. The molecule has 2 aromatic heterocycles. The third kappa shape index (κ3) is 2.37. The van der Waals surface area contributed by atoms with E-state index in [0.29, 0.717) is 0 Å². The summed E-state index contributed by atoms with van der Waals surface area (Å²) in [5, 5.41) is 4.73. The summed E-state index contributed by atoms with van der Waals surface area (Å²) in [6.07, 6.45) is 3.19. The fourth-order valence-electron chi connectivity index (χ4n) is 2.84. The minimum absolute atomic E-state index is 0.262. The first-order chi connectivity index (χ1) is 10.3. The maximum absolute atomic E-state index is 5.39. The van der Waals surface area contributed by atoms with Crippen LogP contribution in [0.3, 0.4) is 0 Å². The third-order valence-corrected chi connectivity index (χ3v) is 5.19. The van der Waals surface area contributed by atoms with Crippen molar-refractivity contribution in [1.29, 1.82) is 0 Å². The minimum atomic E-state index is 0.262. The van der Waals surface area contributed by atoms with Crippen LogP contribution < -0.4 is 5.32 Å². The summed E-state index contributed by atoms with van der Waals surface area (Å²) in [7, 11) is 1.76. The zero-order valence-electron chi connectivity index (χ0n) is 11.8. The Morgan fingerprint density at radius 1 is 1.33 bits per heavy atom. The summed E-state index contributed by atoms with van der Waals surface area (Å²) in [6, 6.07) is 10.9. The Balaban J connectivity index is 1.62. The molecule has 0 amide bonds. The number of nitrogens with one attached hydrogen (secondary N) is 2. The van der Waals surface area contributed by atoms with Gasteiger partial charge in [-0.2, -0.15) is 0 Å². The highest BCUT2D eigenvalue weighted by atomic mass is 32.1. The van der Waals surface area contributed by atoms with Gasteiger partial charge in [0.2, 0.25) is 0 Å². The third-order valence-electron chi connectivity index (χ3n) is 4.04. The van der Waals surface area contributed by atoms with E-state index in [1.165, 1.54) is 15.0 Å². The number of fused-ring (bicyclic) bond motifs is 1. The van der Waals surface area contributed by atoms with Crippen LogP contribution in [0.1, 0.15) is 18.3 Å². The number of hydrogen-bond donors (Lipinski definition) is 2.